The van der Waals surface area contributed by atoms with Crippen LogP contribution in [0, 0.1) is 5.41 Å². The lowest BCUT2D eigenvalue weighted by molar-refractivity contribution is -0.123. The molecule has 21 heavy (non-hydrogen) atoms. The van der Waals surface area contributed by atoms with Gasteiger partial charge in [-0.05, 0) is 17.5 Å². The lowest BCUT2D eigenvalue weighted by Crippen LogP contribution is -2.27. The van der Waals surface area contributed by atoms with Crippen LogP contribution in [0.2, 0.25) is 0 Å². The Kier molecular flexibility index (Phi) is 3.13. The van der Waals surface area contributed by atoms with Gasteiger partial charge in [0.05, 0.1) is 11.2 Å². The largest absolute Gasteiger partial charge is 0.325 e. The van der Waals surface area contributed by atoms with Gasteiger partial charge in [0.15, 0.2) is 0 Å². The molecular weight excluding hydrogens is 260 g/mol. The van der Waals surface area contributed by atoms with E-state index in [-0.39, 0.29) is 5.91 Å². The SMILES string of the molecule is CC(C)(C)C(=O)Nc1cccc2ccc3cccnc3c12. The predicted molar refractivity (Wildman–Crippen MR) is 87.3 cm³/mol. The number of anilines is 1. The van der Waals surface area contributed by atoms with Crippen LogP contribution < -0.4 is 5.32 Å². The summed E-state index contributed by atoms with van der Waals surface area (Å²) in [6.07, 6.45) is 1.78. The number of benzene rings is 2. The van der Waals surface area contributed by atoms with E-state index >= 15 is 0 Å². The lowest BCUT2D eigenvalue weighted by atomic mass is 9.95. The van der Waals surface area contributed by atoms with Crippen LogP contribution in [0.5, 0.6) is 0 Å². The van der Waals surface area contributed by atoms with E-state index in [0.29, 0.717) is 0 Å². The third-order valence-electron chi connectivity index (χ3n) is 3.54. The molecule has 0 atom stereocenters. The third-order valence-corrected chi connectivity index (χ3v) is 3.54. The van der Waals surface area contributed by atoms with E-state index in [1.165, 1.54) is 0 Å². The lowest BCUT2D eigenvalue weighted by Gasteiger charge is -2.19. The highest BCUT2D eigenvalue weighted by Gasteiger charge is 2.22. The number of carbonyl (C=O) groups excluding carboxylic acids is 1. The molecule has 1 N–H and O–H groups in total. The molecule has 3 aromatic rings. The van der Waals surface area contributed by atoms with E-state index in [0.717, 1.165) is 27.4 Å². The molecule has 0 aliphatic carbocycles. The van der Waals surface area contributed by atoms with Crippen LogP contribution in [-0.2, 0) is 4.79 Å². The van der Waals surface area contributed by atoms with Gasteiger partial charge in [0.25, 0.3) is 0 Å². The summed E-state index contributed by atoms with van der Waals surface area (Å²) in [4.78, 5) is 16.8. The molecule has 3 heteroatoms. The number of fused-ring (bicyclic) bond motifs is 3. The smallest absolute Gasteiger partial charge is 0.229 e. The van der Waals surface area contributed by atoms with Crippen molar-refractivity contribution >= 4 is 33.3 Å². The zero-order valence-electron chi connectivity index (χ0n) is 12.5. The summed E-state index contributed by atoms with van der Waals surface area (Å²) in [5.74, 6) is 0.00272. The second kappa shape index (κ2) is 4.85. The second-order valence-corrected chi connectivity index (χ2v) is 6.25. The first-order valence-corrected chi connectivity index (χ1v) is 7.05. The average molecular weight is 278 g/mol. The maximum Gasteiger partial charge on any atom is 0.229 e. The highest BCUT2D eigenvalue weighted by molar-refractivity contribution is 6.14. The summed E-state index contributed by atoms with van der Waals surface area (Å²) >= 11 is 0. The fraction of sp³-hybridized carbons (Fsp3) is 0.222. The number of pyridine rings is 1. The quantitative estimate of drug-likeness (QED) is 0.671. The van der Waals surface area contributed by atoms with E-state index in [1.54, 1.807) is 6.20 Å². The Morgan fingerprint density at radius 2 is 1.71 bits per heavy atom. The van der Waals surface area contributed by atoms with E-state index in [9.17, 15) is 4.79 Å². The Labute approximate surface area is 124 Å². The van der Waals surface area contributed by atoms with Gasteiger partial charge in [0.1, 0.15) is 0 Å². The average Bonchev–Trinajstić information content (AvgIpc) is 2.46. The van der Waals surface area contributed by atoms with Crippen LogP contribution in [-0.4, -0.2) is 10.9 Å². The second-order valence-electron chi connectivity index (χ2n) is 6.25. The molecule has 2 aromatic carbocycles. The molecule has 0 radical (unpaired) electrons. The molecule has 0 saturated carbocycles. The Morgan fingerprint density at radius 1 is 1.00 bits per heavy atom. The van der Waals surface area contributed by atoms with E-state index < -0.39 is 5.41 Å². The van der Waals surface area contributed by atoms with Gasteiger partial charge < -0.3 is 5.32 Å². The minimum Gasteiger partial charge on any atom is -0.325 e. The van der Waals surface area contributed by atoms with Gasteiger partial charge >= 0.3 is 0 Å². The first-order valence-electron chi connectivity index (χ1n) is 7.05. The van der Waals surface area contributed by atoms with Gasteiger partial charge in [-0.15, -0.1) is 0 Å². The molecule has 3 rings (SSSR count). The van der Waals surface area contributed by atoms with Crippen molar-refractivity contribution in [2.45, 2.75) is 20.8 Å². The van der Waals surface area contributed by atoms with Gasteiger partial charge in [-0.3, -0.25) is 9.78 Å². The fourth-order valence-corrected chi connectivity index (χ4v) is 2.33. The van der Waals surface area contributed by atoms with Crippen molar-refractivity contribution in [2.75, 3.05) is 5.32 Å². The number of hydrogen-bond donors (Lipinski definition) is 1. The summed E-state index contributed by atoms with van der Waals surface area (Å²) in [5, 5.41) is 6.18. The highest BCUT2D eigenvalue weighted by Crippen LogP contribution is 2.31. The minimum atomic E-state index is -0.430. The molecule has 3 nitrogen and oxygen atoms in total. The third kappa shape index (κ3) is 2.47. The molecule has 0 spiro atoms. The number of amides is 1. The van der Waals surface area contributed by atoms with Crippen LogP contribution in [0.25, 0.3) is 21.7 Å². The van der Waals surface area contributed by atoms with Crippen molar-refractivity contribution in [1.82, 2.24) is 4.98 Å². The Balaban J connectivity index is 2.23. The van der Waals surface area contributed by atoms with Crippen molar-refractivity contribution in [3.63, 3.8) is 0 Å². The maximum atomic E-state index is 12.3. The first-order chi connectivity index (χ1) is 9.97. The molecule has 1 amide bonds. The molecule has 106 valence electrons. The number of hydrogen-bond acceptors (Lipinski definition) is 2. The van der Waals surface area contributed by atoms with Crippen LogP contribution in [0.3, 0.4) is 0 Å². The Bertz CT molecular complexity index is 831. The van der Waals surface area contributed by atoms with Gasteiger partial charge in [-0.25, -0.2) is 0 Å². The van der Waals surface area contributed by atoms with Gasteiger partial charge in [-0.2, -0.15) is 0 Å². The van der Waals surface area contributed by atoms with Crippen LogP contribution in [0.15, 0.2) is 48.7 Å². The molecule has 0 aliphatic rings. The first kappa shape index (κ1) is 13.6. The van der Waals surface area contributed by atoms with Crippen molar-refractivity contribution < 1.29 is 4.79 Å². The normalized spacial score (nSPS) is 11.8. The van der Waals surface area contributed by atoms with E-state index in [4.69, 9.17) is 0 Å². The summed E-state index contributed by atoms with van der Waals surface area (Å²) in [7, 11) is 0. The van der Waals surface area contributed by atoms with E-state index in [1.807, 2.05) is 51.1 Å². The molecule has 0 saturated heterocycles. The molecule has 0 fully saturated rings. The number of aromatic nitrogens is 1. The number of nitrogens with one attached hydrogen (secondary N) is 1. The highest BCUT2D eigenvalue weighted by atomic mass is 16.2. The molecule has 0 bridgehead atoms. The molecular formula is C18H18N2O. The number of nitrogens with zero attached hydrogens (tertiary/aromatic N) is 1. The summed E-state index contributed by atoms with van der Waals surface area (Å²) in [5.41, 5.74) is 1.30. The molecule has 1 heterocycles. The summed E-state index contributed by atoms with van der Waals surface area (Å²) in [6.45, 7) is 5.72. The van der Waals surface area contributed by atoms with Gasteiger partial charge in [-0.1, -0.05) is 51.1 Å². The summed E-state index contributed by atoms with van der Waals surface area (Å²) < 4.78 is 0. The number of carbonyl (C=O) groups is 1. The fourth-order valence-electron chi connectivity index (χ4n) is 2.33. The zero-order valence-corrected chi connectivity index (χ0v) is 12.5. The zero-order chi connectivity index (χ0) is 15.0. The van der Waals surface area contributed by atoms with E-state index in [2.05, 4.69) is 22.4 Å². The van der Waals surface area contributed by atoms with Gasteiger partial charge in [0, 0.05) is 22.4 Å². The van der Waals surface area contributed by atoms with Crippen LogP contribution in [0.4, 0.5) is 5.69 Å². The van der Waals surface area contributed by atoms with Crippen LogP contribution in [0.1, 0.15) is 20.8 Å². The van der Waals surface area contributed by atoms with Gasteiger partial charge in [0.2, 0.25) is 5.91 Å². The van der Waals surface area contributed by atoms with Crippen molar-refractivity contribution in [3.8, 4) is 0 Å². The Hall–Kier alpha value is -2.42. The standard InChI is InChI=1S/C18H18N2O/c1-18(2,3)17(21)20-14-8-4-6-12-9-10-13-7-5-11-19-16(13)15(12)14/h4-11H,1-3H3,(H,20,21). The monoisotopic (exact) mass is 278 g/mol. The minimum absolute atomic E-state index is 0.00272. The molecule has 0 unspecified atom stereocenters. The maximum absolute atomic E-state index is 12.3. The Morgan fingerprint density at radius 3 is 2.48 bits per heavy atom. The van der Waals surface area contributed by atoms with Crippen molar-refractivity contribution in [3.05, 3.63) is 48.7 Å². The number of rotatable bonds is 1. The topological polar surface area (TPSA) is 42.0 Å². The summed E-state index contributed by atoms with van der Waals surface area (Å²) in [6, 6.07) is 14.0. The molecule has 0 aliphatic heterocycles. The predicted octanol–water partition coefficient (Wildman–Crippen LogP) is 4.37. The molecule has 1 aromatic heterocycles. The van der Waals surface area contributed by atoms with Crippen molar-refractivity contribution in [2.24, 2.45) is 5.41 Å². The van der Waals surface area contributed by atoms with Crippen LogP contribution >= 0.6 is 0 Å². The van der Waals surface area contributed by atoms with Crippen molar-refractivity contribution in [1.29, 1.82) is 0 Å².